The highest BCUT2D eigenvalue weighted by atomic mass is 32.2. The highest BCUT2D eigenvalue weighted by Gasteiger charge is 2.30. The number of hydrogen-bond donors (Lipinski definition) is 3. The molecule has 0 aromatic carbocycles. The first-order valence-corrected chi connectivity index (χ1v) is 7.85. The summed E-state index contributed by atoms with van der Waals surface area (Å²) < 4.78 is 34.4. The quantitative estimate of drug-likeness (QED) is 0.634. The predicted octanol–water partition coefficient (Wildman–Crippen LogP) is -0.338. The van der Waals surface area contributed by atoms with Gasteiger partial charge < -0.3 is 20.3 Å². The number of hydrogen-bond acceptors (Lipinski definition) is 7. The van der Waals surface area contributed by atoms with E-state index in [1.807, 2.05) is 0 Å². The van der Waals surface area contributed by atoms with Gasteiger partial charge in [-0.25, -0.2) is 13.8 Å². The Balaban J connectivity index is 2.05. The molecule has 0 saturated carbocycles. The number of nitrogens with zero attached hydrogens (tertiary/aromatic N) is 2. The van der Waals surface area contributed by atoms with Gasteiger partial charge in [0.15, 0.2) is 11.6 Å². The summed E-state index contributed by atoms with van der Waals surface area (Å²) in [5, 5.41) is 0. The van der Waals surface area contributed by atoms with Crippen molar-refractivity contribution in [1.82, 2.24) is 9.55 Å². The Morgan fingerprint density at radius 1 is 1.70 bits per heavy atom. The second-order valence-corrected chi connectivity index (χ2v) is 6.24. The summed E-state index contributed by atoms with van der Waals surface area (Å²) in [6.07, 6.45) is 0.0720. The standard InChI is InChI=1S/C8H11FN3O6PS/c9-4-1-12(8(13)11-7(4)10)5-3-20-6(18-5)2-17-19(14,15)16/h1,5-6H,2-3H2,(H2,10,11,13)(H2,14,15,16)/t5-,6+/m1/s1. The lowest BCUT2D eigenvalue weighted by Gasteiger charge is -2.15. The zero-order chi connectivity index (χ0) is 14.9. The van der Waals surface area contributed by atoms with E-state index in [1.165, 1.54) is 11.8 Å². The smallest absolute Gasteiger partial charge is 0.381 e. The molecule has 0 spiro atoms. The minimum Gasteiger partial charge on any atom is -0.381 e. The molecule has 2 heterocycles. The third kappa shape index (κ3) is 3.78. The van der Waals surface area contributed by atoms with Gasteiger partial charge in [-0.3, -0.25) is 9.09 Å². The molecule has 12 heteroatoms. The van der Waals surface area contributed by atoms with Crippen LogP contribution < -0.4 is 11.4 Å². The van der Waals surface area contributed by atoms with Crippen LogP contribution in [0.15, 0.2) is 11.0 Å². The predicted molar refractivity (Wildman–Crippen MR) is 67.2 cm³/mol. The lowest BCUT2D eigenvalue weighted by Crippen LogP contribution is -2.29. The van der Waals surface area contributed by atoms with Gasteiger partial charge in [-0.2, -0.15) is 4.98 Å². The SMILES string of the molecule is Nc1nc(=O)n([C@H]2CS[C@@H](COP(=O)(O)O)O2)cc1F. The second kappa shape index (κ2) is 5.80. The summed E-state index contributed by atoms with van der Waals surface area (Å²) in [7, 11) is -4.58. The third-order valence-corrected chi connectivity index (χ3v) is 3.94. The number of nitrogens with two attached hydrogens (primary N) is 1. The van der Waals surface area contributed by atoms with Crippen LogP contribution in [-0.4, -0.2) is 37.1 Å². The summed E-state index contributed by atoms with van der Waals surface area (Å²) in [5.74, 6) is -1.08. The van der Waals surface area contributed by atoms with Crippen molar-refractivity contribution in [2.45, 2.75) is 11.7 Å². The first-order valence-electron chi connectivity index (χ1n) is 5.27. The van der Waals surface area contributed by atoms with Crippen LogP contribution in [0.25, 0.3) is 0 Å². The summed E-state index contributed by atoms with van der Waals surface area (Å²) in [5.41, 5.74) is 3.71. The second-order valence-electron chi connectivity index (χ2n) is 3.80. The van der Waals surface area contributed by atoms with E-state index in [0.29, 0.717) is 0 Å². The number of thioether (sulfide) groups is 1. The van der Waals surface area contributed by atoms with E-state index in [-0.39, 0.29) is 12.4 Å². The number of anilines is 1. The van der Waals surface area contributed by atoms with Gasteiger partial charge in [-0.15, -0.1) is 11.8 Å². The Bertz CT molecular complexity index is 606. The molecule has 0 amide bonds. The third-order valence-electron chi connectivity index (χ3n) is 2.36. The van der Waals surface area contributed by atoms with Gasteiger partial charge in [0.05, 0.1) is 12.8 Å². The average Bonchev–Trinajstić information content (AvgIpc) is 2.79. The average molecular weight is 327 g/mol. The van der Waals surface area contributed by atoms with Crippen LogP contribution in [0.3, 0.4) is 0 Å². The molecule has 1 aliphatic heterocycles. The van der Waals surface area contributed by atoms with Gasteiger partial charge in [0, 0.05) is 5.75 Å². The summed E-state index contributed by atoms with van der Waals surface area (Å²) in [6, 6.07) is 0. The number of rotatable bonds is 4. The molecular formula is C8H11FN3O6PS. The molecule has 1 aromatic rings. The van der Waals surface area contributed by atoms with E-state index in [4.69, 9.17) is 20.3 Å². The number of ether oxygens (including phenoxy) is 1. The van der Waals surface area contributed by atoms with Crippen LogP contribution >= 0.6 is 19.6 Å². The number of aromatic nitrogens is 2. The fourth-order valence-corrected chi connectivity index (χ4v) is 2.92. The van der Waals surface area contributed by atoms with Gasteiger partial charge in [0.25, 0.3) is 0 Å². The fraction of sp³-hybridized carbons (Fsp3) is 0.500. The van der Waals surface area contributed by atoms with Crippen LogP contribution in [0, 0.1) is 5.82 Å². The van der Waals surface area contributed by atoms with Crippen LogP contribution in [0.4, 0.5) is 10.2 Å². The molecular weight excluding hydrogens is 316 g/mol. The Labute approximate surface area is 116 Å². The maximum absolute atomic E-state index is 13.3. The normalized spacial score (nSPS) is 23.1. The van der Waals surface area contributed by atoms with Crippen molar-refractivity contribution in [3.05, 3.63) is 22.5 Å². The number of phosphoric acid groups is 1. The summed E-state index contributed by atoms with van der Waals surface area (Å²) in [4.78, 5) is 32.0. The van der Waals surface area contributed by atoms with Crippen LogP contribution in [-0.2, 0) is 13.8 Å². The highest BCUT2D eigenvalue weighted by Crippen LogP contribution is 2.39. The zero-order valence-corrected chi connectivity index (χ0v) is 11.6. The van der Waals surface area contributed by atoms with Gasteiger partial charge in [-0.1, -0.05) is 0 Å². The minimum absolute atomic E-state index is 0.278. The molecule has 1 fully saturated rings. The Hall–Kier alpha value is -0.970. The Morgan fingerprint density at radius 3 is 3.05 bits per heavy atom. The maximum atomic E-state index is 13.3. The monoisotopic (exact) mass is 327 g/mol. The van der Waals surface area contributed by atoms with E-state index in [1.54, 1.807) is 0 Å². The molecule has 1 saturated heterocycles. The molecule has 0 unspecified atom stereocenters. The molecule has 9 nitrogen and oxygen atoms in total. The van der Waals surface area contributed by atoms with Crippen molar-refractivity contribution in [1.29, 1.82) is 0 Å². The molecule has 0 aliphatic carbocycles. The maximum Gasteiger partial charge on any atom is 0.469 e. The summed E-state index contributed by atoms with van der Waals surface area (Å²) in [6.45, 7) is -0.356. The highest BCUT2D eigenvalue weighted by molar-refractivity contribution is 8.00. The van der Waals surface area contributed by atoms with E-state index in [2.05, 4.69) is 9.51 Å². The molecule has 1 aromatic heterocycles. The van der Waals surface area contributed by atoms with Crippen molar-refractivity contribution in [3.8, 4) is 0 Å². The molecule has 112 valence electrons. The van der Waals surface area contributed by atoms with Crippen LogP contribution in [0.2, 0.25) is 0 Å². The molecule has 0 bridgehead atoms. The van der Waals surface area contributed by atoms with E-state index in [9.17, 15) is 13.8 Å². The number of halogens is 1. The minimum atomic E-state index is -4.58. The molecule has 1 aliphatic rings. The molecule has 20 heavy (non-hydrogen) atoms. The van der Waals surface area contributed by atoms with E-state index in [0.717, 1.165) is 10.8 Å². The van der Waals surface area contributed by atoms with Crippen molar-refractivity contribution >= 4 is 25.4 Å². The van der Waals surface area contributed by atoms with Gasteiger partial charge in [0.2, 0.25) is 0 Å². The number of nitrogen functional groups attached to an aromatic ring is 1. The number of phosphoric ester groups is 1. The van der Waals surface area contributed by atoms with E-state index < -0.39 is 36.8 Å². The van der Waals surface area contributed by atoms with Crippen molar-refractivity contribution in [3.63, 3.8) is 0 Å². The lowest BCUT2D eigenvalue weighted by atomic mass is 10.5. The van der Waals surface area contributed by atoms with Crippen LogP contribution in [0.1, 0.15) is 6.23 Å². The van der Waals surface area contributed by atoms with Crippen molar-refractivity contribution < 1.29 is 28.0 Å². The fourth-order valence-electron chi connectivity index (χ4n) is 1.50. The molecule has 2 atom stereocenters. The zero-order valence-electron chi connectivity index (χ0n) is 9.88. The molecule has 0 radical (unpaired) electrons. The topological polar surface area (TPSA) is 137 Å². The van der Waals surface area contributed by atoms with Crippen molar-refractivity contribution in [2.75, 3.05) is 18.1 Å². The summed E-state index contributed by atoms with van der Waals surface area (Å²) >= 11 is 1.17. The van der Waals surface area contributed by atoms with Gasteiger partial charge >= 0.3 is 13.5 Å². The first-order chi connectivity index (χ1) is 9.26. The first kappa shape index (κ1) is 15.4. The van der Waals surface area contributed by atoms with Gasteiger partial charge in [0.1, 0.15) is 11.7 Å². The lowest BCUT2D eigenvalue weighted by molar-refractivity contribution is -0.00691. The Morgan fingerprint density at radius 2 is 2.40 bits per heavy atom. The van der Waals surface area contributed by atoms with Crippen LogP contribution in [0.5, 0.6) is 0 Å². The Kier molecular flexibility index (Phi) is 4.47. The molecule has 4 N–H and O–H groups in total. The van der Waals surface area contributed by atoms with E-state index >= 15 is 0 Å². The van der Waals surface area contributed by atoms with Gasteiger partial charge in [-0.05, 0) is 0 Å². The van der Waals surface area contributed by atoms with Crippen molar-refractivity contribution in [2.24, 2.45) is 0 Å². The molecule has 2 rings (SSSR count). The largest absolute Gasteiger partial charge is 0.469 e.